The first-order chi connectivity index (χ1) is 31.2. The Balaban J connectivity index is 1.10. The Morgan fingerprint density at radius 2 is 0.889 bits per heavy atom. The lowest BCUT2D eigenvalue weighted by molar-refractivity contribution is 0.670. The molecule has 4 aromatic heterocycles. The number of nitrogens with zero attached hydrogens (tertiary/aromatic N) is 5. The molecule has 0 radical (unpaired) electrons. The second-order valence-corrected chi connectivity index (χ2v) is 16.0. The van der Waals surface area contributed by atoms with Crippen LogP contribution in [0.4, 0.5) is 0 Å². The van der Waals surface area contributed by atoms with Crippen molar-refractivity contribution >= 4 is 65.6 Å². The van der Waals surface area contributed by atoms with Crippen LogP contribution in [0.2, 0.25) is 0 Å². The summed E-state index contributed by atoms with van der Waals surface area (Å²) in [4.78, 5) is 15.7. The van der Waals surface area contributed by atoms with E-state index in [9.17, 15) is 0 Å². The number of hydrogen-bond donors (Lipinski definition) is 0. The third-order valence-electron chi connectivity index (χ3n) is 12.4. The van der Waals surface area contributed by atoms with Gasteiger partial charge in [-0.3, -0.25) is 4.57 Å². The van der Waals surface area contributed by atoms with Crippen LogP contribution in [0.1, 0.15) is 0 Å². The summed E-state index contributed by atoms with van der Waals surface area (Å²) in [6.07, 6.45) is 0. The van der Waals surface area contributed by atoms with Crippen LogP contribution in [-0.2, 0) is 0 Å². The fourth-order valence-corrected chi connectivity index (χ4v) is 9.52. The quantitative estimate of drug-likeness (QED) is 0.168. The molecule has 63 heavy (non-hydrogen) atoms. The molecule has 0 unspecified atom stereocenters. The minimum atomic E-state index is 0.553. The van der Waals surface area contributed by atoms with Crippen molar-refractivity contribution in [3.8, 4) is 56.7 Å². The number of furan rings is 1. The van der Waals surface area contributed by atoms with E-state index in [0.29, 0.717) is 17.6 Å². The Morgan fingerprint density at radius 1 is 0.349 bits per heavy atom. The summed E-state index contributed by atoms with van der Waals surface area (Å²) >= 11 is 0. The van der Waals surface area contributed by atoms with Crippen LogP contribution in [0.5, 0.6) is 0 Å². The van der Waals surface area contributed by atoms with E-state index in [1.54, 1.807) is 0 Å². The molecule has 294 valence electrons. The van der Waals surface area contributed by atoms with Gasteiger partial charge in [0.2, 0.25) is 5.95 Å². The molecule has 0 fully saturated rings. The molecular weight excluding hydrogens is 771 g/mol. The van der Waals surface area contributed by atoms with Crippen molar-refractivity contribution in [1.29, 1.82) is 0 Å². The number of hydrogen-bond acceptors (Lipinski definition) is 4. The SMILES string of the molecule is c1ccc(-c2ccc(-c3nc(-c4ccccc4)nc(-n4c5ccccc5c5c4ccc4c6ccccc6n(-c6cc(-c7ccccc7)c7oc8ccccc8c7c6)c45)n3)cc2)cc1. The third-order valence-corrected chi connectivity index (χ3v) is 12.4. The van der Waals surface area contributed by atoms with Gasteiger partial charge in [0.15, 0.2) is 11.6 Å². The van der Waals surface area contributed by atoms with Gasteiger partial charge in [0, 0.05) is 54.7 Å². The molecule has 0 saturated heterocycles. The first-order valence-corrected chi connectivity index (χ1v) is 21.2. The van der Waals surface area contributed by atoms with Gasteiger partial charge in [0.1, 0.15) is 11.2 Å². The van der Waals surface area contributed by atoms with Gasteiger partial charge in [0.25, 0.3) is 0 Å². The van der Waals surface area contributed by atoms with Crippen LogP contribution in [0.3, 0.4) is 0 Å². The number of benzene rings is 9. The summed E-state index contributed by atoms with van der Waals surface area (Å²) in [7, 11) is 0. The first kappa shape index (κ1) is 35.2. The van der Waals surface area contributed by atoms with Gasteiger partial charge in [0.05, 0.1) is 22.1 Å². The van der Waals surface area contributed by atoms with Crippen molar-refractivity contribution in [3.05, 3.63) is 212 Å². The number of fused-ring (bicyclic) bond motifs is 10. The van der Waals surface area contributed by atoms with Crippen LogP contribution in [0.25, 0.3) is 122 Å². The Kier molecular flexibility index (Phi) is 7.80. The van der Waals surface area contributed by atoms with Gasteiger partial charge in [-0.1, -0.05) is 176 Å². The van der Waals surface area contributed by atoms with Crippen molar-refractivity contribution in [2.24, 2.45) is 0 Å². The average molecular weight is 806 g/mol. The predicted molar refractivity (Wildman–Crippen MR) is 258 cm³/mol. The second kappa shape index (κ2) is 14.0. The molecule has 0 aliphatic carbocycles. The summed E-state index contributed by atoms with van der Waals surface area (Å²) < 4.78 is 11.3. The second-order valence-electron chi connectivity index (χ2n) is 16.0. The average Bonchev–Trinajstić information content (AvgIpc) is 4.02. The standard InChI is InChI=1S/C57H35N5O/c1-4-16-36(17-5-1)37-28-30-40(31-29-37)56-58-55(39-20-8-3-9-21-39)59-57(60-56)62-49-26-14-11-24-45(49)52-50(62)33-32-44-42-22-10-13-25-48(42)61(53(44)52)41-34-46(38-18-6-2-7-19-38)54-47(35-41)43-23-12-15-27-51(43)63-54/h1-35H. The molecule has 9 aromatic carbocycles. The van der Waals surface area contributed by atoms with Crippen LogP contribution in [0.15, 0.2) is 217 Å². The van der Waals surface area contributed by atoms with Crippen molar-refractivity contribution in [1.82, 2.24) is 24.1 Å². The molecule has 13 aromatic rings. The summed E-state index contributed by atoms with van der Waals surface area (Å²) in [6.45, 7) is 0. The molecule has 13 rings (SSSR count). The van der Waals surface area contributed by atoms with Crippen LogP contribution >= 0.6 is 0 Å². The molecule has 6 nitrogen and oxygen atoms in total. The summed E-state index contributed by atoms with van der Waals surface area (Å²) in [5, 5.41) is 6.73. The predicted octanol–water partition coefficient (Wildman–Crippen LogP) is 14.6. The van der Waals surface area contributed by atoms with E-state index < -0.39 is 0 Å². The minimum absolute atomic E-state index is 0.553. The largest absolute Gasteiger partial charge is 0.455 e. The van der Waals surface area contributed by atoms with Crippen LogP contribution < -0.4 is 0 Å². The topological polar surface area (TPSA) is 61.7 Å². The fraction of sp³-hybridized carbons (Fsp3) is 0. The fourth-order valence-electron chi connectivity index (χ4n) is 9.52. The smallest absolute Gasteiger partial charge is 0.238 e. The van der Waals surface area contributed by atoms with Gasteiger partial charge < -0.3 is 8.98 Å². The van der Waals surface area contributed by atoms with Gasteiger partial charge in [-0.05, 0) is 53.1 Å². The zero-order valence-corrected chi connectivity index (χ0v) is 33.9. The molecule has 0 aliphatic heterocycles. The molecule has 6 heteroatoms. The highest BCUT2D eigenvalue weighted by atomic mass is 16.3. The first-order valence-electron chi connectivity index (χ1n) is 21.2. The number of rotatable bonds is 6. The molecule has 0 spiro atoms. The normalized spacial score (nSPS) is 11.8. The lowest BCUT2D eigenvalue weighted by Gasteiger charge is -2.13. The lowest BCUT2D eigenvalue weighted by atomic mass is 10.0. The third kappa shape index (κ3) is 5.55. The molecule has 0 N–H and O–H groups in total. The Labute approximate surface area is 361 Å². The molecule has 0 saturated carbocycles. The van der Waals surface area contributed by atoms with Crippen molar-refractivity contribution in [2.45, 2.75) is 0 Å². The van der Waals surface area contributed by atoms with Crippen molar-refractivity contribution in [3.63, 3.8) is 0 Å². The van der Waals surface area contributed by atoms with E-state index in [0.717, 1.165) is 93.8 Å². The molecule has 0 atom stereocenters. The molecular formula is C57H35N5O. The Hall–Kier alpha value is -8.61. The maximum atomic E-state index is 6.64. The molecule has 0 bridgehead atoms. The van der Waals surface area contributed by atoms with E-state index in [1.807, 2.05) is 30.3 Å². The molecule has 0 aliphatic rings. The molecule has 4 heterocycles. The van der Waals surface area contributed by atoms with Gasteiger partial charge in [-0.15, -0.1) is 0 Å². The van der Waals surface area contributed by atoms with E-state index in [4.69, 9.17) is 19.4 Å². The van der Waals surface area contributed by atoms with Crippen molar-refractivity contribution in [2.75, 3.05) is 0 Å². The summed E-state index contributed by atoms with van der Waals surface area (Å²) in [5.41, 5.74) is 13.3. The van der Waals surface area contributed by atoms with Crippen LogP contribution in [-0.4, -0.2) is 24.1 Å². The minimum Gasteiger partial charge on any atom is -0.455 e. The van der Waals surface area contributed by atoms with Crippen LogP contribution in [0, 0.1) is 0 Å². The zero-order valence-electron chi connectivity index (χ0n) is 33.9. The molecule has 0 amide bonds. The maximum absolute atomic E-state index is 6.64. The zero-order chi connectivity index (χ0) is 41.4. The lowest BCUT2D eigenvalue weighted by Crippen LogP contribution is -2.06. The van der Waals surface area contributed by atoms with Gasteiger partial charge >= 0.3 is 0 Å². The summed E-state index contributed by atoms with van der Waals surface area (Å²) in [5.74, 6) is 1.77. The maximum Gasteiger partial charge on any atom is 0.238 e. The highest BCUT2D eigenvalue weighted by Gasteiger charge is 2.24. The van der Waals surface area contributed by atoms with E-state index in [-0.39, 0.29) is 0 Å². The van der Waals surface area contributed by atoms with E-state index >= 15 is 0 Å². The highest BCUT2D eigenvalue weighted by molar-refractivity contribution is 6.26. The number of aromatic nitrogens is 5. The number of para-hydroxylation sites is 3. The summed E-state index contributed by atoms with van der Waals surface area (Å²) in [6, 6.07) is 74.4. The van der Waals surface area contributed by atoms with Gasteiger partial charge in [-0.2, -0.15) is 9.97 Å². The highest BCUT2D eigenvalue weighted by Crippen LogP contribution is 2.44. The van der Waals surface area contributed by atoms with Gasteiger partial charge in [-0.25, -0.2) is 4.98 Å². The van der Waals surface area contributed by atoms with E-state index in [1.165, 1.54) is 10.8 Å². The van der Waals surface area contributed by atoms with E-state index in [2.05, 4.69) is 191 Å². The Bertz CT molecular complexity index is 3890. The Morgan fingerprint density at radius 3 is 1.60 bits per heavy atom. The van der Waals surface area contributed by atoms with Crippen molar-refractivity contribution < 1.29 is 4.42 Å². The monoisotopic (exact) mass is 805 g/mol.